The van der Waals surface area contributed by atoms with Crippen LogP contribution in [0.2, 0.25) is 0 Å². The summed E-state index contributed by atoms with van der Waals surface area (Å²) in [6.45, 7) is 2.13. The second kappa shape index (κ2) is 7.15. The summed E-state index contributed by atoms with van der Waals surface area (Å²) in [6, 6.07) is 13.5. The second-order valence-electron chi connectivity index (χ2n) is 4.47. The fourth-order valence-electron chi connectivity index (χ4n) is 1.89. The number of benzene rings is 1. The van der Waals surface area contributed by atoms with Gasteiger partial charge in [0.25, 0.3) is 0 Å². The molecule has 2 aromatic rings. The van der Waals surface area contributed by atoms with Gasteiger partial charge < -0.3 is 14.8 Å². The molecule has 1 heterocycles. The average molecular weight is 283 g/mol. The normalized spacial score (nSPS) is 11.3. The van der Waals surface area contributed by atoms with Crippen LogP contribution in [0, 0.1) is 11.3 Å². The predicted octanol–water partition coefficient (Wildman–Crippen LogP) is 3.17. The lowest BCUT2D eigenvalue weighted by atomic mass is 10.1. The van der Waals surface area contributed by atoms with Crippen molar-refractivity contribution in [3.8, 4) is 17.7 Å². The van der Waals surface area contributed by atoms with Crippen LogP contribution in [0.5, 0.6) is 11.6 Å². The first-order chi connectivity index (χ1) is 10.2. The molecule has 0 spiro atoms. The fourth-order valence-corrected chi connectivity index (χ4v) is 1.89. The number of pyridine rings is 1. The molecule has 0 amide bonds. The van der Waals surface area contributed by atoms with Crippen molar-refractivity contribution >= 4 is 5.69 Å². The molecule has 0 fully saturated rings. The quantitative estimate of drug-likeness (QED) is 0.882. The van der Waals surface area contributed by atoms with Gasteiger partial charge in [0.2, 0.25) is 5.88 Å². The molecule has 0 aliphatic carbocycles. The van der Waals surface area contributed by atoms with Crippen molar-refractivity contribution in [2.24, 2.45) is 0 Å². The van der Waals surface area contributed by atoms with E-state index in [1.807, 2.05) is 42.5 Å². The van der Waals surface area contributed by atoms with E-state index in [0.29, 0.717) is 11.6 Å². The van der Waals surface area contributed by atoms with Crippen LogP contribution in [-0.4, -0.2) is 18.7 Å². The highest BCUT2D eigenvalue weighted by Gasteiger charge is 2.06. The number of methoxy groups -OCH3 is 1. The zero-order chi connectivity index (χ0) is 15.1. The summed E-state index contributed by atoms with van der Waals surface area (Å²) in [4.78, 5) is 4.16. The first kappa shape index (κ1) is 14.7. The number of nitriles is 1. The molecule has 1 aromatic carbocycles. The van der Waals surface area contributed by atoms with Gasteiger partial charge >= 0.3 is 0 Å². The Balaban J connectivity index is 1.98. The minimum Gasteiger partial charge on any atom is -0.481 e. The minimum absolute atomic E-state index is 0.0602. The summed E-state index contributed by atoms with van der Waals surface area (Å²) >= 11 is 0. The van der Waals surface area contributed by atoms with Gasteiger partial charge in [0.15, 0.2) is 6.61 Å². The Bertz CT molecular complexity index is 603. The standard InChI is InChI=1S/C16H17N3O2/c1-12(19-14-5-8-16(20-2)18-11-14)13-3-6-15(7-4-13)21-10-9-17/h3-8,11-12,19H,10H2,1-2H3. The summed E-state index contributed by atoms with van der Waals surface area (Å²) in [7, 11) is 1.59. The molecule has 5 heteroatoms. The van der Waals surface area contributed by atoms with Crippen molar-refractivity contribution in [3.63, 3.8) is 0 Å². The van der Waals surface area contributed by atoms with Crippen molar-refractivity contribution < 1.29 is 9.47 Å². The van der Waals surface area contributed by atoms with E-state index in [1.165, 1.54) is 0 Å². The maximum atomic E-state index is 8.47. The zero-order valence-electron chi connectivity index (χ0n) is 12.0. The number of hydrogen-bond acceptors (Lipinski definition) is 5. The summed E-state index contributed by atoms with van der Waals surface area (Å²) in [5, 5.41) is 11.8. The van der Waals surface area contributed by atoms with Crippen LogP contribution < -0.4 is 14.8 Å². The van der Waals surface area contributed by atoms with Gasteiger partial charge in [-0.25, -0.2) is 4.98 Å². The maximum absolute atomic E-state index is 8.47. The summed E-state index contributed by atoms with van der Waals surface area (Å²) in [6.07, 6.45) is 1.74. The molecule has 1 N–H and O–H groups in total. The molecule has 5 nitrogen and oxygen atoms in total. The van der Waals surface area contributed by atoms with Gasteiger partial charge in [0.05, 0.1) is 19.0 Å². The fraction of sp³-hybridized carbons (Fsp3) is 0.250. The van der Waals surface area contributed by atoms with Gasteiger partial charge in [0.1, 0.15) is 11.8 Å². The lowest BCUT2D eigenvalue weighted by Crippen LogP contribution is -2.07. The van der Waals surface area contributed by atoms with Crippen LogP contribution in [0.15, 0.2) is 42.6 Å². The lowest BCUT2D eigenvalue weighted by molar-refractivity contribution is 0.368. The van der Waals surface area contributed by atoms with Gasteiger partial charge in [-0.1, -0.05) is 12.1 Å². The van der Waals surface area contributed by atoms with E-state index >= 15 is 0 Å². The largest absolute Gasteiger partial charge is 0.481 e. The Morgan fingerprint density at radius 2 is 2.00 bits per heavy atom. The van der Waals surface area contributed by atoms with E-state index in [1.54, 1.807) is 13.3 Å². The highest BCUT2D eigenvalue weighted by molar-refractivity contribution is 5.45. The molecule has 0 aliphatic rings. The molecule has 0 saturated heterocycles. The van der Waals surface area contributed by atoms with Crippen LogP contribution in [0.3, 0.4) is 0 Å². The van der Waals surface area contributed by atoms with Crippen molar-refractivity contribution in [1.82, 2.24) is 4.98 Å². The third-order valence-corrected chi connectivity index (χ3v) is 3.01. The van der Waals surface area contributed by atoms with Crippen molar-refractivity contribution in [2.45, 2.75) is 13.0 Å². The van der Waals surface area contributed by atoms with Crippen LogP contribution in [-0.2, 0) is 0 Å². The van der Waals surface area contributed by atoms with Crippen molar-refractivity contribution in [2.75, 3.05) is 19.0 Å². The number of anilines is 1. The highest BCUT2D eigenvalue weighted by Crippen LogP contribution is 2.22. The highest BCUT2D eigenvalue weighted by atomic mass is 16.5. The molecular formula is C16H17N3O2. The molecule has 0 radical (unpaired) electrons. The van der Waals surface area contributed by atoms with Gasteiger partial charge in [0, 0.05) is 12.1 Å². The van der Waals surface area contributed by atoms with Crippen molar-refractivity contribution in [3.05, 3.63) is 48.2 Å². The smallest absolute Gasteiger partial charge is 0.213 e. The second-order valence-corrected chi connectivity index (χ2v) is 4.47. The molecule has 1 aromatic heterocycles. The van der Waals surface area contributed by atoms with Crippen LogP contribution in [0.4, 0.5) is 5.69 Å². The molecule has 0 bridgehead atoms. The zero-order valence-corrected chi connectivity index (χ0v) is 12.0. The molecule has 1 atom stereocenters. The Kier molecular flexibility index (Phi) is 4.99. The molecule has 1 unspecified atom stereocenters. The SMILES string of the molecule is COc1ccc(NC(C)c2ccc(OCC#N)cc2)cn1. The van der Waals surface area contributed by atoms with Crippen molar-refractivity contribution in [1.29, 1.82) is 5.26 Å². The topological polar surface area (TPSA) is 67.2 Å². The monoisotopic (exact) mass is 283 g/mol. The van der Waals surface area contributed by atoms with Crippen LogP contribution >= 0.6 is 0 Å². The number of nitrogens with one attached hydrogen (secondary N) is 1. The van der Waals surface area contributed by atoms with E-state index in [0.717, 1.165) is 11.3 Å². The maximum Gasteiger partial charge on any atom is 0.213 e. The molecule has 21 heavy (non-hydrogen) atoms. The number of aromatic nitrogens is 1. The first-order valence-corrected chi connectivity index (χ1v) is 6.59. The van der Waals surface area contributed by atoms with E-state index in [-0.39, 0.29) is 12.6 Å². The minimum atomic E-state index is 0.0602. The third kappa shape index (κ3) is 4.11. The van der Waals surface area contributed by atoms with Crippen LogP contribution in [0.25, 0.3) is 0 Å². The molecule has 0 saturated carbocycles. The van der Waals surface area contributed by atoms with Gasteiger partial charge in [-0.15, -0.1) is 0 Å². The molecule has 0 aliphatic heterocycles. The summed E-state index contributed by atoms with van der Waals surface area (Å²) < 4.78 is 10.3. The summed E-state index contributed by atoms with van der Waals surface area (Å²) in [5.41, 5.74) is 2.04. The predicted molar refractivity (Wildman–Crippen MR) is 80.4 cm³/mol. The lowest BCUT2D eigenvalue weighted by Gasteiger charge is -2.16. The van der Waals surface area contributed by atoms with E-state index in [9.17, 15) is 0 Å². The molecule has 2 rings (SSSR count). The number of ether oxygens (including phenoxy) is 2. The van der Waals surface area contributed by atoms with E-state index in [4.69, 9.17) is 14.7 Å². The van der Waals surface area contributed by atoms with Gasteiger partial charge in [-0.3, -0.25) is 0 Å². The average Bonchev–Trinajstić information content (AvgIpc) is 2.54. The van der Waals surface area contributed by atoms with E-state index < -0.39 is 0 Å². The van der Waals surface area contributed by atoms with E-state index in [2.05, 4.69) is 17.2 Å². The Hall–Kier alpha value is -2.74. The Morgan fingerprint density at radius 3 is 2.57 bits per heavy atom. The Morgan fingerprint density at radius 1 is 1.24 bits per heavy atom. The summed E-state index contributed by atoms with van der Waals surface area (Å²) in [5.74, 6) is 1.28. The number of nitrogens with zero attached hydrogens (tertiary/aromatic N) is 2. The molecular weight excluding hydrogens is 266 g/mol. The first-order valence-electron chi connectivity index (χ1n) is 6.59. The van der Waals surface area contributed by atoms with Gasteiger partial charge in [-0.05, 0) is 30.7 Å². The molecule has 108 valence electrons. The Labute approximate surface area is 124 Å². The number of hydrogen-bond donors (Lipinski definition) is 1. The van der Waals surface area contributed by atoms with Crippen LogP contribution in [0.1, 0.15) is 18.5 Å². The number of rotatable bonds is 6. The van der Waals surface area contributed by atoms with Gasteiger partial charge in [-0.2, -0.15) is 5.26 Å². The third-order valence-electron chi connectivity index (χ3n) is 3.01.